The number of rotatable bonds is 6. The monoisotopic (exact) mass is 367 g/mol. The fourth-order valence-corrected chi connectivity index (χ4v) is 1.95. The van der Waals surface area contributed by atoms with Gasteiger partial charge in [-0.3, -0.25) is 14.9 Å². The van der Waals surface area contributed by atoms with Crippen LogP contribution in [0.3, 0.4) is 0 Å². The van der Waals surface area contributed by atoms with E-state index < -0.39 is 10.8 Å². The molecule has 0 heterocycles. The number of nitro benzene ring substituents is 1. The van der Waals surface area contributed by atoms with E-state index in [1.54, 1.807) is 24.3 Å². The molecule has 2 rings (SSSR count). The molecule has 0 fully saturated rings. The number of nitrogens with zero attached hydrogens (tertiary/aromatic N) is 2. The van der Waals surface area contributed by atoms with Gasteiger partial charge in [-0.2, -0.15) is 5.10 Å². The van der Waals surface area contributed by atoms with Crippen LogP contribution in [-0.2, 0) is 4.79 Å². The highest BCUT2D eigenvalue weighted by Gasteiger charge is 2.11. The molecule has 1 N–H and O–H groups in total. The number of carbonyl (C=O) groups excluding carboxylic acids is 1. The minimum absolute atomic E-state index is 0.0255. The third-order valence-electron chi connectivity index (χ3n) is 2.75. The van der Waals surface area contributed by atoms with Gasteiger partial charge in [0.25, 0.3) is 11.6 Å². The Bertz CT molecular complexity index is 779. The van der Waals surface area contributed by atoms with E-state index in [1.807, 2.05) is 0 Å². The Labute approximate surface area is 147 Å². The predicted octanol–water partition coefficient (Wildman–Crippen LogP) is 3.43. The molecular formula is C15H11Cl2N3O4. The van der Waals surface area contributed by atoms with E-state index in [9.17, 15) is 14.9 Å². The fraction of sp³-hybridized carbons (Fsp3) is 0.0667. The summed E-state index contributed by atoms with van der Waals surface area (Å²) in [7, 11) is 0. The normalized spacial score (nSPS) is 10.6. The molecule has 0 aromatic heterocycles. The van der Waals surface area contributed by atoms with Crippen molar-refractivity contribution in [3.8, 4) is 5.75 Å². The van der Waals surface area contributed by atoms with Crippen molar-refractivity contribution in [1.82, 2.24) is 5.43 Å². The summed E-state index contributed by atoms with van der Waals surface area (Å²) in [6.45, 7) is -0.236. The Morgan fingerprint density at radius 3 is 2.62 bits per heavy atom. The van der Waals surface area contributed by atoms with Gasteiger partial charge in [0.05, 0.1) is 11.1 Å². The van der Waals surface area contributed by atoms with Crippen LogP contribution in [0.2, 0.25) is 10.0 Å². The van der Waals surface area contributed by atoms with Crippen LogP contribution in [0.1, 0.15) is 5.56 Å². The molecule has 0 aliphatic rings. The van der Waals surface area contributed by atoms with Gasteiger partial charge in [0.15, 0.2) is 6.61 Å². The number of nitro groups is 1. The average molecular weight is 368 g/mol. The number of amides is 1. The number of hydrogen-bond acceptors (Lipinski definition) is 5. The zero-order valence-corrected chi connectivity index (χ0v) is 13.6. The summed E-state index contributed by atoms with van der Waals surface area (Å²) in [4.78, 5) is 21.8. The maximum Gasteiger partial charge on any atom is 0.288 e. The molecule has 0 atom stereocenters. The van der Waals surface area contributed by atoms with Crippen molar-refractivity contribution in [3.63, 3.8) is 0 Å². The minimum atomic E-state index is -0.599. The first-order chi connectivity index (χ1) is 11.5. The summed E-state index contributed by atoms with van der Waals surface area (Å²) in [6.07, 6.45) is 1.27. The fourth-order valence-electron chi connectivity index (χ4n) is 1.64. The Morgan fingerprint density at radius 1 is 1.25 bits per heavy atom. The van der Waals surface area contributed by atoms with Crippen LogP contribution in [0.15, 0.2) is 47.6 Å². The van der Waals surface area contributed by atoms with Gasteiger partial charge in [0, 0.05) is 16.7 Å². The highest BCUT2D eigenvalue weighted by molar-refractivity contribution is 6.32. The molecule has 0 saturated heterocycles. The number of hydrazone groups is 1. The number of nitrogens with one attached hydrogen (secondary N) is 1. The van der Waals surface area contributed by atoms with E-state index in [0.29, 0.717) is 16.3 Å². The minimum Gasteiger partial charge on any atom is -0.484 e. The summed E-state index contributed by atoms with van der Waals surface area (Å²) in [5, 5.41) is 15.1. The first-order valence-electron chi connectivity index (χ1n) is 6.60. The van der Waals surface area contributed by atoms with Crippen molar-refractivity contribution in [3.05, 3.63) is 68.2 Å². The van der Waals surface area contributed by atoms with Crippen LogP contribution in [-0.4, -0.2) is 23.7 Å². The number of ether oxygens (including phenoxy) is 1. The smallest absolute Gasteiger partial charge is 0.288 e. The molecule has 24 heavy (non-hydrogen) atoms. The van der Waals surface area contributed by atoms with Crippen LogP contribution in [0, 0.1) is 10.1 Å². The molecular weight excluding hydrogens is 357 g/mol. The van der Waals surface area contributed by atoms with E-state index in [1.165, 1.54) is 24.4 Å². The molecule has 0 radical (unpaired) electrons. The summed E-state index contributed by atoms with van der Waals surface area (Å²) in [5.41, 5.74) is 2.44. The van der Waals surface area contributed by atoms with E-state index in [2.05, 4.69) is 10.5 Å². The van der Waals surface area contributed by atoms with Gasteiger partial charge in [-0.15, -0.1) is 0 Å². The van der Waals surface area contributed by atoms with E-state index in [0.717, 1.165) is 0 Å². The van der Waals surface area contributed by atoms with Crippen molar-refractivity contribution >= 4 is 41.0 Å². The van der Waals surface area contributed by atoms with Gasteiger partial charge in [0.2, 0.25) is 0 Å². The maximum atomic E-state index is 11.6. The second-order valence-corrected chi connectivity index (χ2v) is 5.35. The largest absolute Gasteiger partial charge is 0.484 e. The topological polar surface area (TPSA) is 93.8 Å². The standard InChI is InChI=1S/C15H11Cl2N3O4/c16-11-2-4-12(5-3-11)24-9-15(21)19-18-8-10-1-6-13(17)14(7-10)20(22)23/h1-8H,9H2,(H,19,21)/b18-8+. The number of hydrogen-bond donors (Lipinski definition) is 1. The Morgan fingerprint density at radius 2 is 1.96 bits per heavy atom. The molecule has 0 bridgehead atoms. The lowest BCUT2D eigenvalue weighted by molar-refractivity contribution is -0.384. The lowest BCUT2D eigenvalue weighted by Crippen LogP contribution is -2.24. The third kappa shape index (κ3) is 5.22. The summed E-state index contributed by atoms with van der Waals surface area (Å²) >= 11 is 11.4. The van der Waals surface area contributed by atoms with Crippen LogP contribution < -0.4 is 10.2 Å². The molecule has 1 amide bonds. The second-order valence-electron chi connectivity index (χ2n) is 4.50. The molecule has 0 aliphatic heterocycles. The second kappa shape index (κ2) is 8.28. The summed E-state index contributed by atoms with van der Waals surface area (Å²) in [5.74, 6) is 0.0107. The van der Waals surface area contributed by atoms with E-state index >= 15 is 0 Å². The van der Waals surface area contributed by atoms with E-state index in [-0.39, 0.29) is 17.3 Å². The van der Waals surface area contributed by atoms with Crippen molar-refractivity contribution in [1.29, 1.82) is 0 Å². The van der Waals surface area contributed by atoms with Crippen molar-refractivity contribution < 1.29 is 14.5 Å². The Balaban J connectivity index is 1.87. The molecule has 124 valence electrons. The number of halogens is 2. The molecule has 2 aromatic rings. The Kier molecular flexibility index (Phi) is 6.11. The van der Waals surface area contributed by atoms with Crippen molar-refractivity contribution in [2.75, 3.05) is 6.61 Å². The van der Waals surface area contributed by atoms with E-state index in [4.69, 9.17) is 27.9 Å². The summed E-state index contributed by atoms with van der Waals surface area (Å²) < 4.78 is 5.24. The molecule has 9 heteroatoms. The van der Waals surface area contributed by atoms with Gasteiger partial charge in [-0.05, 0) is 30.3 Å². The molecule has 0 aliphatic carbocycles. The van der Waals surface area contributed by atoms with Gasteiger partial charge >= 0.3 is 0 Å². The van der Waals surface area contributed by atoms with Crippen LogP contribution in [0.4, 0.5) is 5.69 Å². The quantitative estimate of drug-likeness (QED) is 0.480. The molecule has 7 nitrogen and oxygen atoms in total. The maximum absolute atomic E-state index is 11.6. The predicted molar refractivity (Wildman–Crippen MR) is 90.8 cm³/mol. The Hall–Kier alpha value is -2.64. The highest BCUT2D eigenvalue weighted by Crippen LogP contribution is 2.24. The first kappa shape index (κ1) is 17.7. The van der Waals surface area contributed by atoms with Gasteiger partial charge in [-0.25, -0.2) is 5.43 Å². The first-order valence-corrected chi connectivity index (χ1v) is 7.35. The molecule has 2 aromatic carbocycles. The third-order valence-corrected chi connectivity index (χ3v) is 3.32. The SMILES string of the molecule is O=C(COc1ccc(Cl)cc1)N/N=C/c1ccc(Cl)c([N+](=O)[O-])c1. The number of carbonyl (C=O) groups is 1. The summed E-state index contributed by atoms with van der Waals surface area (Å²) in [6, 6.07) is 10.7. The highest BCUT2D eigenvalue weighted by atomic mass is 35.5. The molecule has 0 spiro atoms. The molecule has 0 saturated carbocycles. The van der Waals surface area contributed by atoms with Crippen LogP contribution in [0.25, 0.3) is 0 Å². The van der Waals surface area contributed by atoms with Gasteiger partial charge in [-0.1, -0.05) is 29.3 Å². The average Bonchev–Trinajstić information content (AvgIpc) is 2.55. The zero-order chi connectivity index (χ0) is 17.5. The van der Waals surface area contributed by atoms with Crippen LogP contribution >= 0.6 is 23.2 Å². The van der Waals surface area contributed by atoms with Gasteiger partial charge < -0.3 is 4.74 Å². The zero-order valence-electron chi connectivity index (χ0n) is 12.1. The van der Waals surface area contributed by atoms with Gasteiger partial charge in [0.1, 0.15) is 10.8 Å². The van der Waals surface area contributed by atoms with Crippen molar-refractivity contribution in [2.24, 2.45) is 5.10 Å². The molecule has 0 unspecified atom stereocenters. The van der Waals surface area contributed by atoms with Crippen LogP contribution in [0.5, 0.6) is 5.75 Å². The lowest BCUT2D eigenvalue weighted by atomic mass is 10.2. The number of benzene rings is 2. The van der Waals surface area contributed by atoms with Crippen molar-refractivity contribution in [2.45, 2.75) is 0 Å². The lowest BCUT2D eigenvalue weighted by Gasteiger charge is -2.04.